The van der Waals surface area contributed by atoms with E-state index in [-0.39, 0.29) is 0 Å². The molecule has 0 amide bonds. The first kappa shape index (κ1) is 11.2. The summed E-state index contributed by atoms with van der Waals surface area (Å²) >= 11 is 0. The number of aromatic carboxylic acids is 1. The van der Waals surface area contributed by atoms with Crippen molar-refractivity contribution < 1.29 is 9.90 Å². The van der Waals surface area contributed by atoms with E-state index in [0.29, 0.717) is 5.56 Å². The van der Waals surface area contributed by atoms with Gasteiger partial charge in [-0.3, -0.25) is 0 Å². The molecule has 0 aliphatic heterocycles. The van der Waals surface area contributed by atoms with Crippen LogP contribution in [0.3, 0.4) is 0 Å². The fourth-order valence-corrected chi connectivity index (χ4v) is 3.18. The summed E-state index contributed by atoms with van der Waals surface area (Å²) in [5, 5.41) is 11.3. The number of carboxylic acid groups (broad SMARTS) is 1. The van der Waals surface area contributed by atoms with Gasteiger partial charge in [-0.25, -0.2) is 4.79 Å². The summed E-state index contributed by atoms with van der Waals surface area (Å²) in [6, 6.07) is 17.9. The Morgan fingerprint density at radius 3 is 2.50 bits per heavy atom. The fraction of sp³-hybridized carbons (Fsp3) is 0.0556. The van der Waals surface area contributed by atoms with E-state index >= 15 is 0 Å². The van der Waals surface area contributed by atoms with Crippen LogP contribution in [-0.4, -0.2) is 11.1 Å². The Hall–Kier alpha value is -2.61. The van der Waals surface area contributed by atoms with Gasteiger partial charge < -0.3 is 5.11 Å². The van der Waals surface area contributed by atoms with Crippen LogP contribution in [0.25, 0.3) is 21.9 Å². The molecule has 4 rings (SSSR count). The molecule has 0 heterocycles. The molecule has 1 aliphatic rings. The summed E-state index contributed by atoms with van der Waals surface area (Å²) in [5.41, 5.74) is 5.25. The number of fused-ring (bicyclic) bond motifs is 2. The minimum absolute atomic E-state index is 0.380. The van der Waals surface area contributed by atoms with Gasteiger partial charge in [-0.05, 0) is 45.5 Å². The number of hydrogen-bond donors (Lipinski definition) is 1. The smallest absolute Gasteiger partial charge is 0.336 e. The molecule has 0 unspecified atom stereocenters. The molecule has 96 valence electrons. The molecule has 1 N–H and O–H groups in total. The normalized spacial score (nSPS) is 12.2. The Morgan fingerprint density at radius 2 is 1.65 bits per heavy atom. The van der Waals surface area contributed by atoms with Crippen LogP contribution in [0, 0.1) is 0 Å². The maximum atomic E-state index is 11.4. The van der Waals surface area contributed by atoms with Crippen molar-refractivity contribution in [2.75, 3.05) is 0 Å². The fourth-order valence-electron chi connectivity index (χ4n) is 3.18. The average molecular weight is 260 g/mol. The first-order valence-corrected chi connectivity index (χ1v) is 6.62. The maximum Gasteiger partial charge on any atom is 0.336 e. The Bertz CT molecular complexity index is 862. The molecule has 0 spiro atoms. The van der Waals surface area contributed by atoms with Crippen molar-refractivity contribution in [1.82, 2.24) is 0 Å². The standard InChI is InChI=1S/C18H12O2/c19-18(20)16-9-8-15-13-6-2-1-4-11(13)10-12-5-3-7-14(16)17(12)15/h1-9H,10H2,(H,19,20). The molecular weight excluding hydrogens is 248 g/mol. The second-order valence-electron chi connectivity index (χ2n) is 5.14. The third-order valence-electron chi connectivity index (χ3n) is 4.05. The van der Waals surface area contributed by atoms with Crippen molar-refractivity contribution in [2.45, 2.75) is 6.42 Å². The lowest BCUT2D eigenvalue weighted by molar-refractivity contribution is 0.0699. The van der Waals surface area contributed by atoms with Gasteiger partial charge in [-0.1, -0.05) is 48.5 Å². The van der Waals surface area contributed by atoms with Crippen molar-refractivity contribution in [3.8, 4) is 11.1 Å². The summed E-state index contributed by atoms with van der Waals surface area (Å²) in [5.74, 6) is -0.868. The molecule has 0 bridgehead atoms. The highest BCUT2D eigenvalue weighted by atomic mass is 16.4. The number of carbonyl (C=O) groups is 1. The molecule has 0 atom stereocenters. The molecule has 1 aliphatic carbocycles. The van der Waals surface area contributed by atoms with Gasteiger partial charge in [0.1, 0.15) is 0 Å². The van der Waals surface area contributed by atoms with Crippen molar-refractivity contribution in [2.24, 2.45) is 0 Å². The number of rotatable bonds is 1. The summed E-state index contributed by atoms with van der Waals surface area (Å²) in [6.07, 6.45) is 0.865. The van der Waals surface area contributed by atoms with Gasteiger partial charge in [0.15, 0.2) is 0 Å². The Balaban J connectivity index is 2.17. The SMILES string of the molecule is O=C(O)c1ccc2c3c(cccc13)Cc1ccccc1-2. The van der Waals surface area contributed by atoms with Crippen molar-refractivity contribution in [1.29, 1.82) is 0 Å². The van der Waals surface area contributed by atoms with E-state index in [2.05, 4.69) is 24.3 Å². The minimum atomic E-state index is -0.868. The largest absolute Gasteiger partial charge is 0.478 e. The summed E-state index contributed by atoms with van der Waals surface area (Å²) in [6.45, 7) is 0. The lowest BCUT2D eigenvalue weighted by Crippen LogP contribution is -2.04. The van der Waals surface area contributed by atoms with Gasteiger partial charge in [0.2, 0.25) is 0 Å². The molecule has 0 radical (unpaired) electrons. The highest BCUT2D eigenvalue weighted by molar-refractivity contribution is 6.11. The van der Waals surface area contributed by atoms with Crippen LogP contribution in [-0.2, 0) is 6.42 Å². The number of hydrogen-bond acceptors (Lipinski definition) is 1. The van der Waals surface area contributed by atoms with E-state index < -0.39 is 5.97 Å². The van der Waals surface area contributed by atoms with Crippen LogP contribution in [0.1, 0.15) is 21.5 Å². The van der Waals surface area contributed by atoms with Gasteiger partial charge >= 0.3 is 5.97 Å². The van der Waals surface area contributed by atoms with E-state index in [4.69, 9.17) is 0 Å². The Labute approximate surface area is 116 Å². The zero-order valence-electron chi connectivity index (χ0n) is 10.8. The molecule has 3 aromatic rings. The molecule has 2 heteroatoms. The Morgan fingerprint density at radius 1 is 0.850 bits per heavy atom. The predicted octanol–water partition coefficient (Wildman–Crippen LogP) is 4.11. The predicted molar refractivity (Wildman–Crippen MR) is 79.1 cm³/mol. The van der Waals surface area contributed by atoms with Crippen LogP contribution in [0.2, 0.25) is 0 Å². The van der Waals surface area contributed by atoms with Crippen LogP contribution in [0.4, 0.5) is 0 Å². The summed E-state index contributed by atoms with van der Waals surface area (Å²) in [7, 11) is 0. The van der Waals surface area contributed by atoms with Crippen LogP contribution in [0.15, 0.2) is 54.6 Å². The maximum absolute atomic E-state index is 11.4. The highest BCUT2D eigenvalue weighted by Crippen LogP contribution is 2.40. The van der Waals surface area contributed by atoms with Crippen molar-refractivity contribution in [3.05, 3.63) is 71.3 Å². The highest BCUT2D eigenvalue weighted by Gasteiger charge is 2.20. The summed E-state index contributed by atoms with van der Waals surface area (Å²) < 4.78 is 0. The summed E-state index contributed by atoms with van der Waals surface area (Å²) in [4.78, 5) is 11.4. The molecular formula is C18H12O2. The van der Waals surface area contributed by atoms with Gasteiger partial charge in [0.05, 0.1) is 5.56 Å². The molecule has 0 saturated carbocycles. The Kier molecular flexibility index (Phi) is 2.21. The van der Waals surface area contributed by atoms with Crippen molar-refractivity contribution in [3.63, 3.8) is 0 Å². The topological polar surface area (TPSA) is 37.3 Å². The van der Waals surface area contributed by atoms with E-state index in [9.17, 15) is 9.90 Å². The third kappa shape index (κ3) is 1.42. The zero-order valence-corrected chi connectivity index (χ0v) is 10.8. The molecule has 0 aromatic heterocycles. The van der Waals surface area contributed by atoms with E-state index in [1.807, 2.05) is 24.3 Å². The minimum Gasteiger partial charge on any atom is -0.478 e. The first-order chi connectivity index (χ1) is 9.75. The van der Waals surface area contributed by atoms with Gasteiger partial charge in [0, 0.05) is 0 Å². The van der Waals surface area contributed by atoms with Gasteiger partial charge in [-0.15, -0.1) is 0 Å². The van der Waals surface area contributed by atoms with E-state index in [0.717, 1.165) is 22.8 Å². The molecule has 3 aromatic carbocycles. The second-order valence-corrected chi connectivity index (χ2v) is 5.14. The van der Waals surface area contributed by atoms with E-state index in [1.165, 1.54) is 16.7 Å². The van der Waals surface area contributed by atoms with Crippen LogP contribution in [0.5, 0.6) is 0 Å². The second kappa shape index (κ2) is 3.94. The molecule has 0 saturated heterocycles. The monoisotopic (exact) mass is 260 g/mol. The van der Waals surface area contributed by atoms with Crippen molar-refractivity contribution >= 4 is 16.7 Å². The van der Waals surface area contributed by atoms with E-state index in [1.54, 1.807) is 6.07 Å². The van der Waals surface area contributed by atoms with Crippen LogP contribution >= 0.6 is 0 Å². The number of benzene rings is 3. The lowest BCUT2D eigenvalue weighted by Gasteiger charge is -2.21. The van der Waals surface area contributed by atoms with Crippen LogP contribution < -0.4 is 0 Å². The zero-order chi connectivity index (χ0) is 13.7. The van der Waals surface area contributed by atoms with Gasteiger partial charge in [0.25, 0.3) is 0 Å². The molecule has 20 heavy (non-hydrogen) atoms. The lowest BCUT2D eigenvalue weighted by atomic mass is 9.82. The molecule has 0 fully saturated rings. The first-order valence-electron chi connectivity index (χ1n) is 6.62. The quantitative estimate of drug-likeness (QED) is 0.559. The number of carboxylic acids is 1. The third-order valence-corrected chi connectivity index (χ3v) is 4.05. The molecule has 2 nitrogen and oxygen atoms in total. The average Bonchev–Trinajstić information content (AvgIpc) is 2.47. The van der Waals surface area contributed by atoms with Gasteiger partial charge in [-0.2, -0.15) is 0 Å².